The van der Waals surface area contributed by atoms with Crippen molar-refractivity contribution in [3.8, 4) is 0 Å². The van der Waals surface area contributed by atoms with E-state index in [1.165, 1.54) is 0 Å². The molecule has 0 heterocycles. The minimum absolute atomic E-state index is 0.0198. The van der Waals surface area contributed by atoms with Gasteiger partial charge in [0, 0.05) is 18.4 Å². The number of hydrogen-bond acceptors (Lipinski definition) is 6. The van der Waals surface area contributed by atoms with E-state index in [2.05, 4.69) is 5.32 Å². The normalized spacial score (nSPS) is 13.3. The van der Waals surface area contributed by atoms with Gasteiger partial charge in [-0.25, -0.2) is 0 Å². The standard InChI is InChI=1S/C24H32Cl3NO6/c1-3-33-21(29)14-13-20(28-23(31)24(25,26)27)19(16-22(30)34-4-2)12-8-9-15-32-17-18-10-6-5-7-11-18/h5-8,10-12,19-20H,3-4,9,13-17H2,1-2H3,(H,28,31)/b12-8+/t19-,20+/m1/s1. The number of amides is 1. The second-order valence-corrected chi connectivity index (χ2v) is 9.63. The molecule has 0 aliphatic rings. The molecule has 1 N–H and O–H groups in total. The molecule has 1 aromatic carbocycles. The number of carbonyl (C=O) groups is 3. The Labute approximate surface area is 216 Å². The largest absolute Gasteiger partial charge is 0.466 e. The van der Waals surface area contributed by atoms with E-state index in [0.717, 1.165) is 5.56 Å². The second kappa shape index (κ2) is 16.8. The monoisotopic (exact) mass is 535 g/mol. The Morgan fingerprint density at radius 2 is 1.68 bits per heavy atom. The van der Waals surface area contributed by atoms with Crippen LogP contribution in [0, 0.1) is 5.92 Å². The van der Waals surface area contributed by atoms with Crippen molar-refractivity contribution < 1.29 is 28.6 Å². The summed E-state index contributed by atoms with van der Waals surface area (Å²) < 4.78 is 13.5. The third-order valence-electron chi connectivity index (χ3n) is 4.69. The quantitative estimate of drug-likeness (QED) is 0.148. The Morgan fingerprint density at radius 1 is 1.03 bits per heavy atom. The van der Waals surface area contributed by atoms with Gasteiger partial charge in [-0.3, -0.25) is 14.4 Å². The maximum absolute atomic E-state index is 12.3. The zero-order chi connectivity index (χ0) is 25.4. The summed E-state index contributed by atoms with van der Waals surface area (Å²) in [6, 6.07) is 9.12. The van der Waals surface area contributed by atoms with E-state index in [0.29, 0.717) is 19.6 Å². The highest BCUT2D eigenvalue weighted by Gasteiger charge is 2.34. The van der Waals surface area contributed by atoms with Crippen molar-refractivity contribution in [2.24, 2.45) is 5.92 Å². The van der Waals surface area contributed by atoms with Crippen molar-refractivity contribution in [3.63, 3.8) is 0 Å². The minimum Gasteiger partial charge on any atom is -0.466 e. The fraction of sp³-hybridized carbons (Fsp3) is 0.542. The molecule has 0 aliphatic carbocycles. The lowest BCUT2D eigenvalue weighted by atomic mass is 9.91. The van der Waals surface area contributed by atoms with E-state index >= 15 is 0 Å². The van der Waals surface area contributed by atoms with Crippen LogP contribution in [0.15, 0.2) is 42.5 Å². The van der Waals surface area contributed by atoms with Gasteiger partial charge in [0.05, 0.1) is 32.8 Å². The van der Waals surface area contributed by atoms with Crippen molar-refractivity contribution in [2.45, 2.75) is 56.0 Å². The van der Waals surface area contributed by atoms with Crippen LogP contribution < -0.4 is 5.32 Å². The van der Waals surface area contributed by atoms with Gasteiger partial charge in [0.25, 0.3) is 9.70 Å². The third-order valence-corrected chi connectivity index (χ3v) is 5.20. The summed E-state index contributed by atoms with van der Waals surface area (Å²) in [5.74, 6) is -2.22. The van der Waals surface area contributed by atoms with Gasteiger partial charge >= 0.3 is 11.9 Å². The van der Waals surface area contributed by atoms with Crippen LogP contribution in [0.5, 0.6) is 0 Å². The lowest BCUT2D eigenvalue weighted by molar-refractivity contribution is -0.144. The van der Waals surface area contributed by atoms with E-state index in [-0.39, 0.29) is 32.5 Å². The highest BCUT2D eigenvalue weighted by Crippen LogP contribution is 2.27. The molecule has 0 unspecified atom stereocenters. The summed E-state index contributed by atoms with van der Waals surface area (Å²) in [5.41, 5.74) is 1.07. The lowest BCUT2D eigenvalue weighted by Gasteiger charge is -2.27. The number of hydrogen-bond donors (Lipinski definition) is 1. The molecule has 0 radical (unpaired) electrons. The van der Waals surface area contributed by atoms with Gasteiger partial charge < -0.3 is 19.5 Å². The minimum atomic E-state index is -2.19. The van der Waals surface area contributed by atoms with Crippen LogP contribution >= 0.6 is 34.8 Å². The van der Waals surface area contributed by atoms with E-state index < -0.39 is 33.6 Å². The van der Waals surface area contributed by atoms with E-state index in [9.17, 15) is 14.4 Å². The van der Waals surface area contributed by atoms with Crippen molar-refractivity contribution in [3.05, 3.63) is 48.0 Å². The van der Waals surface area contributed by atoms with Gasteiger partial charge in [-0.15, -0.1) is 0 Å². The molecular formula is C24H32Cl3NO6. The fourth-order valence-electron chi connectivity index (χ4n) is 3.09. The number of rotatable bonds is 15. The molecule has 0 saturated heterocycles. The Balaban J connectivity index is 2.85. The number of halogens is 3. The molecule has 0 saturated carbocycles. The first kappa shape index (κ1) is 30.2. The van der Waals surface area contributed by atoms with Crippen LogP contribution in [0.25, 0.3) is 0 Å². The van der Waals surface area contributed by atoms with Crippen LogP contribution in [-0.4, -0.2) is 47.5 Å². The number of benzene rings is 1. The predicted molar refractivity (Wildman–Crippen MR) is 133 cm³/mol. The molecule has 10 heteroatoms. The first-order valence-corrected chi connectivity index (χ1v) is 12.3. The smallest absolute Gasteiger partial charge is 0.306 e. The van der Waals surface area contributed by atoms with Gasteiger partial charge in [-0.1, -0.05) is 77.3 Å². The summed E-state index contributed by atoms with van der Waals surface area (Å²) in [4.78, 5) is 36.4. The first-order chi connectivity index (χ1) is 16.2. The van der Waals surface area contributed by atoms with Crippen molar-refractivity contribution in [1.29, 1.82) is 0 Å². The highest BCUT2D eigenvalue weighted by atomic mass is 35.6. The summed E-state index contributed by atoms with van der Waals surface area (Å²) in [6.07, 6.45) is 4.40. The molecule has 0 bridgehead atoms. The molecule has 2 atom stereocenters. The van der Waals surface area contributed by atoms with Crippen LogP contribution in [0.1, 0.15) is 45.1 Å². The van der Waals surface area contributed by atoms with Gasteiger partial charge in [-0.05, 0) is 32.3 Å². The average Bonchev–Trinajstić information content (AvgIpc) is 2.78. The molecule has 1 rings (SSSR count). The highest BCUT2D eigenvalue weighted by molar-refractivity contribution is 6.76. The number of carbonyl (C=O) groups excluding carboxylic acids is 3. The van der Waals surface area contributed by atoms with Crippen LogP contribution in [0.3, 0.4) is 0 Å². The SMILES string of the molecule is CCOC(=O)CC[C@H](NC(=O)C(Cl)(Cl)Cl)[C@H](/C=C/CCOCc1ccccc1)CC(=O)OCC. The van der Waals surface area contributed by atoms with Crippen LogP contribution in [0.4, 0.5) is 0 Å². The molecule has 1 aromatic rings. The van der Waals surface area contributed by atoms with E-state index in [1.807, 2.05) is 36.4 Å². The zero-order valence-electron chi connectivity index (χ0n) is 19.4. The summed E-state index contributed by atoms with van der Waals surface area (Å²) in [6.45, 7) is 4.81. The molecule has 0 aliphatic heterocycles. The maximum Gasteiger partial charge on any atom is 0.306 e. The predicted octanol–water partition coefficient (Wildman–Crippen LogP) is 4.92. The summed E-state index contributed by atoms with van der Waals surface area (Å²) in [5, 5.41) is 2.64. The molecule has 0 fully saturated rings. The molecule has 34 heavy (non-hydrogen) atoms. The third kappa shape index (κ3) is 13.2. The second-order valence-electron chi connectivity index (χ2n) is 7.35. The molecule has 190 valence electrons. The molecule has 0 aromatic heterocycles. The lowest BCUT2D eigenvalue weighted by Crippen LogP contribution is -2.45. The average molecular weight is 537 g/mol. The van der Waals surface area contributed by atoms with Crippen LogP contribution in [-0.2, 0) is 35.2 Å². The Morgan fingerprint density at radius 3 is 2.29 bits per heavy atom. The Hall–Kier alpha value is -1.80. The number of nitrogens with one attached hydrogen (secondary N) is 1. The van der Waals surface area contributed by atoms with E-state index in [1.54, 1.807) is 19.9 Å². The van der Waals surface area contributed by atoms with Crippen LogP contribution in [0.2, 0.25) is 0 Å². The van der Waals surface area contributed by atoms with Crippen molar-refractivity contribution in [2.75, 3.05) is 19.8 Å². The van der Waals surface area contributed by atoms with Gasteiger partial charge in [0.2, 0.25) is 0 Å². The molecule has 1 amide bonds. The Kier molecular flexibility index (Phi) is 14.9. The molecule has 7 nitrogen and oxygen atoms in total. The van der Waals surface area contributed by atoms with Crippen molar-refractivity contribution >= 4 is 52.6 Å². The maximum atomic E-state index is 12.3. The fourth-order valence-corrected chi connectivity index (χ4v) is 3.26. The number of ether oxygens (including phenoxy) is 3. The first-order valence-electron chi connectivity index (χ1n) is 11.1. The van der Waals surface area contributed by atoms with Crippen molar-refractivity contribution in [1.82, 2.24) is 5.32 Å². The number of esters is 2. The summed E-state index contributed by atoms with van der Waals surface area (Å²) >= 11 is 17.1. The van der Waals surface area contributed by atoms with Gasteiger partial charge in [0.1, 0.15) is 0 Å². The number of alkyl halides is 3. The van der Waals surface area contributed by atoms with Gasteiger partial charge in [-0.2, -0.15) is 0 Å². The molecule has 0 spiro atoms. The topological polar surface area (TPSA) is 90.9 Å². The van der Waals surface area contributed by atoms with Gasteiger partial charge in [0.15, 0.2) is 0 Å². The summed E-state index contributed by atoms with van der Waals surface area (Å²) in [7, 11) is 0. The Bertz CT molecular complexity index is 783. The zero-order valence-corrected chi connectivity index (χ0v) is 21.7. The molecular weight excluding hydrogens is 505 g/mol. The van der Waals surface area contributed by atoms with E-state index in [4.69, 9.17) is 49.0 Å².